The Labute approximate surface area is 143 Å². The van der Waals surface area contributed by atoms with Gasteiger partial charge in [0, 0.05) is 17.0 Å². The van der Waals surface area contributed by atoms with E-state index < -0.39 is 0 Å². The minimum absolute atomic E-state index is 0.0276. The summed E-state index contributed by atoms with van der Waals surface area (Å²) < 4.78 is 17.0. The molecule has 0 radical (unpaired) electrons. The average molecular weight is 336 g/mol. The van der Waals surface area contributed by atoms with E-state index in [9.17, 15) is 0 Å². The van der Waals surface area contributed by atoms with E-state index in [2.05, 4.69) is 15.4 Å². The molecule has 0 bridgehead atoms. The maximum absolute atomic E-state index is 6.12. The molecule has 1 aromatic carbocycles. The van der Waals surface area contributed by atoms with Crippen LogP contribution in [0.5, 0.6) is 0 Å². The van der Waals surface area contributed by atoms with E-state index in [0.717, 1.165) is 42.9 Å². The molecule has 0 N–H and O–H groups in total. The van der Waals surface area contributed by atoms with Crippen LogP contribution >= 0.6 is 0 Å². The van der Waals surface area contributed by atoms with Gasteiger partial charge in [0.1, 0.15) is 0 Å². The first-order chi connectivity index (χ1) is 12.3. The molecule has 2 aromatic heterocycles. The third kappa shape index (κ3) is 1.68. The molecule has 25 heavy (non-hydrogen) atoms. The second-order valence-electron chi connectivity index (χ2n) is 7.28. The predicted molar refractivity (Wildman–Crippen MR) is 85.3 cm³/mol. The van der Waals surface area contributed by atoms with Crippen molar-refractivity contribution >= 4 is 0 Å². The maximum Gasteiger partial charge on any atom is 0.247 e. The largest absolute Gasteiger partial charge is 0.423 e. The van der Waals surface area contributed by atoms with E-state index in [1.807, 2.05) is 24.3 Å². The number of hydrogen-bond donors (Lipinski definition) is 0. The molecule has 3 aromatic rings. The van der Waals surface area contributed by atoms with Crippen molar-refractivity contribution in [1.82, 2.24) is 20.3 Å². The van der Waals surface area contributed by atoms with Crippen molar-refractivity contribution < 1.29 is 13.7 Å². The molecule has 3 aliphatic rings. The van der Waals surface area contributed by atoms with Crippen LogP contribution < -0.4 is 0 Å². The molecule has 126 valence electrons. The Morgan fingerprint density at radius 2 is 1.92 bits per heavy atom. The van der Waals surface area contributed by atoms with Gasteiger partial charge >= 0.3 is 0 Å². The zero-order chi connectivity index (χ0) is 16.5. The summed E-state index contributed by atoms with van der Waals surface area (Å²) in [7, 11) is 0. The Balaban J connectivity index is 1.33. The average Bonchev–Trinajstić information content (AvgIpc) is 3.10. The standard InChI is InChI=1S/C18H16N4O3/c1-6-17(7-1)18(8-13(18)9-24-17)16-20-14(22-25-16)11-2-4-12(5-3-11)15-21-19-10-23-15/h2-5,10,13H,1,6-9H2/t13-,18-/m1/s1. The summed E-state index contributed by atoms with van der Waals surface area (Å²) in [5, 5.41) is 11.8. The topological polar surface area (TPSA) is 87.1 Å². The van der Waals surface area contributed by atoms with Gasteiger partial charge in [0.15, 0.2) is 0 Å². The van der Waals surface area contributed by atoms with Crippen LogP contribution in [-0.2, 0) is 10.2 Å². The normalized spacial score (nSPS) is 28.7. The lowest BCUT2D eigenvalue weighted by atomic mass is 9.68. The summed E-state index contributed by atoms with van der Waals surface area (Å²) in [6.45, 7) is 0.830. The zero-order valence-corrected chi connectivity index (χ0v) is 13.5. The third-order valence-electron chi connectivity index (χ3n) is 6.20. The SMILES string of the molecule is c1nnc(-c2ccc(-c3noc([C@@]45C[C@@H]4COC54CCC4)n3)cc2)o1. The Hall–Kier alpha value is -2.54. The number of fused-ring (bicyclic) bond motifs is 2. The molecule has 1 aliphatic heterocycles. The van der Waals surface area contributed by atoms with Crippen LogP contribution in [0.15, 0.2) is 39.6 Å². The van der Waals surface area contributed by atoms with E-state index in [-0.39, 0.29) is 11.0 Å². The summed E-state index contributed by atoms with van der Waals surface area (Å²) in [4.78, 5) is 4.74. The summed E-state index contributed by atoms with van der Waals surface area (Å²) in [5.41, 5.74) is 1.71. The predicted octanol–water partition coefficient (Wildman–Crippen LogP) is 3.00. The lowest BCUT2D eigenvalue weighted by molar-refractivity contribution is -0.0960. The summed E-state index contributed by atoms with van der Waals surface area (Å²) in [6, 6.07) is 7.73. The first-order valence-corrected chi connectivity index (χ1v) is 8.66. The fourth-order valence-corrected chi connectivity index (χ4v) is 4.61. The first-order valence-electron chi connectivity index (χ1n) is 8.66. The highest BCUT2D eigenvalue weighted by Gasteiger charge is 2.77. The molecule has 1 spiro atoms. The number of ether oxygens (including phenoxy) is 1. The minimum Gasteiger partial charge on any atom is -0.423 e. The van der Waals surface area contributed by atoms with Crippen molar-refractivity contribution in [3.8, 4) is 22.8 Å². The number of nitrogens with zero attached hydrogens (tertiary/aromatic N) is 4. The number of hydrogen-bond acceptors (Lipinski definition) is 7. The van der Waals surface area contributed by atoms with Crippen molar-refractivity contribution in [3.63, 3.8) is 0 Å². The minimum atomic E-state index is -0.0384. The lowest BCUT2D eigenvalue weighted by Gasteiger charge is -2.43. The molecule has 6 rings (SSSR count). The molecule has 1 saturated heterocycles. The highest BCUT2D eigenvalue weighted by atomic mass is 16.5. The van der Waals surface area contributed by atoms with Crippen LogP contribution in [0.25, 0.3) is 22.8 Å². The molecule has 7 nitrogen and oxygen atoms in total. The first kappa shape index (κ1) is 13.7. The molecular weight excluding hydrogens is 320 g/mol. The lowest BCUT2D eigenvalue weighted by Crippen LogP contribution is -2.48. The third-order valence-corrected chi connectivity index (χ3v) is 6.20. The molecule has 0 amide bonds. The van der Waals surface area contributed by atoms with Gasteiger partial charge in [-0.2, -0.15) is 4.98 Å². The van der Waals surface area contributed by atoms with Crippen molar-refractivity contribution in [2.75, 3.05) is 6.61 Å². The van der Waals surface area contributed by atoms with Gasteiger partial charge in [-0.25, -0.2) is 0 Å². The second kappa shape index (κ2) is 4.54. The highest BCUT2D eigenvalue weighted by Crippen LogP contribution is 2.71. The Morgan fingerprint density at radius 3 is 2.60 bits per heavy atom. The highest BCUT2D eigenvalue weighted by molar-refractivity contribution is 5.62. The van der Waals surface area contributed by atoms with Crippen LogP contribution in [0.1, 0.15) is 31.6 Å². The molecule has 2 atom stereocenters. The quantitative estimate of drug-likeness (QED) is 0.726. The number of rotatable bonds is 3. The molecule has 3 fully saturated rings. The van der Waals surface area contributed by atoms with E-state index in [4.69, 9.17) is 18.7 Å². The monoisotopic (exact) mass is 336 g/mol. The maximum atomic E-state index is 6.12. The fourth-order valence-electron chi connectivity index (χ4n) is 4.61. The molecule has 7 heteroatoms. The molecule has 3 heterocycles. The zero-order valence-electron chi connectivity index (χ0n) is 13.5. The van der Waals surface area contributed by atoms with Gasteiger partial charge in [0.25, 0.3) is 0 Å². The van der Waals surface area contributed by atoms with Crippen molar-refractivity contribution in [2.24, 2.45) is 5.92 Å². The Morgan fingerprint density at radius 1 is 1.08 bits per heavy atom. The summed E-state index contributed by atoms with van der Waals surface area (Å²) >= 11 is 0. The summed E-state index contributed by atoms with van der Waals surface area (Å²) in [5.74, 6) is 2.41. The van der Waals surface area contributed by atoms with E-state index in [0.29, 0.717) is 17.6 Å². The van der Waals surface area contributed by atoms with Gasteiger partial charge in [0.2, 0.25) is 24.0 Å². The fraction of sp³-hybridized carbons (Fsp3) is 0.444. The van der Waals surface area contributed by atoms with Gasteiger partial charge in [0.05, 0.1) is 17.6 Å². The molecular formula is C18H16N4O3. The van der Waals surface area contributed by atoms with Crippen molar-refractivity contribution in [1.29, 1.82) is 0 Å². The van der Waals surface area contributed by atoms with Crippen molar-refractivity contribution in [3.05, 3.63) is 36.5 Å². The Kier molecular flexibility index (Phi) is 2.49. The van der Waals surface area contributed by atoms with Crippen molar-refractivity contribution in [2.45, 2.75) is 36.7 Å². The Bertz CT molecular complexity index is 930. The second-order valence-corrected chi connectivity index (χ2v) is 7.28. The number of aromatic nitrogens is 4. The van der Waals surface area contributed by atoms with Gasteiger partial charge in [-0.05, 0) is 37.8 Å². The van der Waals surface area contributed by atoms with Crippen LogP contribution in [0.2, 0.25) is 0 Å². The van der Waals surface area contributed by atoms with Gasteiger partial charge in [-0.3, -0.25) is 0 Å². The van der Waals surface area contributed by atoms with E-state index >= 15 is 0 Å². The number of benzene rings is 1. The van der Waals surface area contributed by atoms with E-state index in [1.165, 1.54) is 12.8 Å². The van der Waals surface area contributed by atoms with E-state index in [1.54, 1.807) is 0 Å². The van der Waals surface area contributed by atoms with Crippen LogP contribution in [0, 0.1) is 5.92 Å². The van der Waals surface area contributed by atoms with Crippen LogP contribution in [0.3, 0.4) is 0 Å². The van der Waals surface area contributed by atoms with Gasteiger partial charge < -0.3 is 13.7 Å². The molecule has 0 unspecified atom stereocenters. The van der Waals surface area contributed by atoms with Gasteiger partial charge in [-0.1, -0.05) is 17.3 Å². The molecule has 2 aliphatic carbocycles. The smallest absolute Gasteiger partial charge is 0.247 e. The van der Waals surface area contributed by atoms with Gasteiger partial charge in [-0.15, -0.1) is 10.2 Å². The summed E-state index contributed by atoms with van der Waals surface area (Å²) in [6.07, 6.45) is 5.89. The molecule has 2 saturated carbocycles. The van der Waals surface area contributed by atoms with Crippen LogP contribution in [-0.4, -0.2) is 32.5 Å². The van der Waals surface area contributed by atoms with Crippen LogP contribution in [0.4, 0.5) is 0 Å².